The Hall–Kier alpha value is -1.27. The second kappa shape index (κ2) is 5.63. The van der Waals surface area contributed by atoms with E-state index in [9.17, 15) is 22.8 Å². The van der Waals surface area contributed by atoms with Crippen LogP contribution in [0.5, 0.6) is 0 Å². The number of carbonyl (C=O) groups excluding carboxylic acids is 2. The van der Waals surface area contributed by atoms with Crippen molar-refractivity contribution in [1.29, 1.82) is 0 Å². The van der Waals surface area contributed by atoms with Gasteiger partial charge >= 0.3 is 6.18 Å². The van der Waals surface area contributed by atoms with E-state index in [0.717, 1.165) is 16.7 Å². The summed E-state index contributed by atoms with van der Waals surface area (Å²) in [5.41, 5.74) is 0. The van der Waals surface area contributed by atoms with Gasteiger partial charge in [0.1, 0.15) is 6.54 Å². The average Bonchev–Trinajstić information content (AvgIpc) is 2.81. The van der Waals surface area contributed by atoms with Crippen molar-refractivity contribution in [3.63, 3.8) is 0 Å². The highest BCUT2D eigenvalue weighted by atomic mass is 19.4. The number of hydrogen-bond acceptors (Lipinski definition) is 2. The van der Waals surface area contributed by atoms with Crippen LogP contribution in [0.4, 0.5) is 13.2 Å². The summed E-state index contributed by atoms with van der Waals surface area (Å²) >= 11 is 0. The zero-order valence-electron chi connectivity index (χ0n) is 13.5. The summed E-state index contributed by atoms with van der Waals surface area (Å²) in [5, 5.41) is 3.11. The van der Waals surface area contributed by atoms with Gasteiger partial charge in [0.15, 0.2) is 0 Å². The number of rotatable bonds is 3. The third-order valence-corrected chi connectivity index (χ3v) is 6.49. The number of nitrogens with zero attached hydrogens (tertiary/aromatic N) is 1. The van der Waals surface area contributed by atoms with Gasteiger partial charge in [-0.2, -0.15) is 13.2 Å². The van der Waals surface area contributed by atoms with Crippen LogP contribution in [-0.2, 0) is 9.59 Å². The molecule has 5 fully saturated rings. The van der Waals surface area contributed by atoms with E-state index in [0.29, 0.717) is 11.8 Å². The Kier molecular flexibility index (Phi) is 3.80. The van der Waals surface area contributed by atoms with E-state index in [1.807, 2.05) is 0 Å². The molecule has 0 unspecified atom stereocenters. The molecule has 0 spiro atoms. The molecule has 4 aliphatic carbocycles. The van der Waals surface area contributed by atoms with Gasteiger partial charge in [0, 0.05) is 19.0 Å². The minimum atomic E-state index is -4.41. The zero-order chi connectivity index (χ0) is 17.1. The number of nitrogens with one attached hydrogen (secondary N) is 1. The average molecular weight is 344 g/mol. The zero-order valence-corrected chi connectivity index (χ0v) is 13.5. The maximum atomic E-state index is 12.5. The second-order valence-electron chi connectivity index (χ2n) is 8.26. The summed E-state index contributed by atoms with van der Waals surface area (Å²) in [6.07, 6.45) is 1.49. The smallest absolute Gasteiger partial charge is 0.353 e. The molecule has 0 aromatic rings. The van der Waals surface area contributed by atoms with Crippen molar-refractivity contribution in [2.45, 2.75) is 50.7 Å². The van der Waals surface area contributed by atoms with Crippen molar-refractivity contribution in [1.82, 2.24) is 10.2 Å². The van der Waals surface area contributed by atoms with Crippen molar-refractivity contribution in [3.8, 4) is 0 Å². The maximum Gasteiger partial charge on any atom is 0.406 e. The van der Waals surface area contributed by atoms with Gasteiger partial charge in [0.2, 0.25) is 11.8 Å². The molecule has 4 saturated carbocycles. The first-order valence-corrected chi connectivity index (χ1v) is 8.93. The predicted octanol–water partition coefficient (Wildman–Crippen LogP) is 2.34. The molecule has 5 aliphatic rings. The standard InChI is InChI=1S/C17H23F3N2O2/c18-17(19,20)8-22-7-13(6-14(22)23)16(24)21-15-11-2-9-1-10(4-11)5-12(15)3-9/h9-13,15H,1-8H2,(H,21,24)/t9?,10?,11?,12?,13-,15?/m0/s1. The van der Waals surface area contributed by atoms with Crippen LogP contribution in [0.15, 0.2) is 0 Å². The largest absolute Gasteiger partial charge is 0.406 e. The van der Waals surface area contributed by atoms with Gasteiger partial charge in [-0.25, -0.2) is 0 Å². The Morgan fingerprint density at radius 1 is 1.08 bits per heavy atom. The van der Waals surface area contributed by atoms with Crippen LogP contribution in [0, 0.1) is 29.6 Å². The summed E-state index contributed by atoms with van der Waals surface area (Å²) in [4.78, 5) is 25.0. The van der Waals surface area contributed by atoms with Crippen LogP contribution < -0.4 is 5.32 Å². The van der Waals surface area contributed by atoms with E-state index >= 15 is 0 Å². The topological polar surface area (TPSA) is 49.4 Å². The van der Waals surface area contributed by atoms with Crippen LogP contribution in [0.3, 0.4) is 0 Å². The highest BCUT2D eigenvalue weighted by Gasteiger charge is 2.49. The first kappa shape index (κ1) is 16.2. The molecule has 4 bridgehead atoms. The van der Waals surface area contributed by atoms with E-state index in [1.165, 1.54) is 32.1 Å². The molecule has 1 N–H and O–H groups in total. The minimum absolute atomic E-state index is 0.102. The van der Waals surface area contributed by atoms with Crippen LogP contribution >= 0.6 is 0 Å². The van der Waals surface area contributed by atoms with Gasteiger partial charge in [-0.3, -0.25) is 9.59 Å². The highest BCUT2D eigenvalue weighted by Crippen LogP contribution is 2.53. The van der Waals surface area contributed by atoms with E-state index in [2.05, 4.69) is 5.32 Å². The molecule has 1 heterocycles. The quantitative estimate of drug-likeness (QED) is 0.854. The number of amides is 2. The summed E-state index contributed by atoms with van der Waals surface area (Å²) < 4.78 is 37.5. The Morgan fingerprint density at radius 3 is 2.21 bits per heavy atom. The molecule has 24 heavy (non-hydrogen) atoms. The molecular formula is C17H23F3N2O2. The molecule has 1 aliphatic heterocycles. The predicted molar refractivity (Wildman–Crippen MR) is 79.7 cm³/mol. The molecule has 5 rings (SSSR count). The molecule has 7 heteroatoms. The van der Waals surface area contributed by atoms with Gasteiger partial charge in [-0.05, 0) is 55.8 Å². The number of halogens is 3. The molecule has 4 nitrogen and oxygen atoms in total. The van der Waals surface area contributed by atoms with E-state index < -0.39 is 24.5 Å². The van der Waals surface area contributed by atoms with E-state index in [-0.39, 0.29) is 24.9 Å². The monoisotopic (exact) mass is 344 g/mol. The lowest BCUT2D eigenvalue weighted by atomic mass is 9.54. The summed E-state index contributed by atoms with van der Waals surface area (Å²) in [6, 6.07) is 0.164. The third-order valence-electron chi connectivity index (χ3n) is 6.49. The van der Waals surface area contributed by atoms with Gasteiger partial charge in [-0.15, -0.1) is 0 Å². The van der Waals surface area contributed by atoms with Crippen LogP contribution in [0.2, 0.25) is 0 Å². The summed E-state index contributed by atoms with van der Waals surface area (Å²) in [5.74, 6) is 1.20. The fourth-order valence-electron chi connectivity index (χ4n) is 5.76. The Morgan fingerprint density at radius 2 is 1.67 bits per heavy atom. The van der Waals surface area contributed by atoms with Crippen molar-refractivity contribution < 1.29 is 22.8 Å². The van der Waals surface area contributed by atoms with Gasteiger partial charge in [-0.1, -0.05) is 0 Å². The van der Waals surface area contributed by atoms with Crippen LogP contribution in [0.25, 0.3) is 0 Å². The molecule has 2 amide bonds. The minimum Gasteiger partial charge on any atom is -0.353 e. The van der Waals surface area contributed by atoms with Crippen molar-refractivity contribution in [3.05, 3.63) is 0 Å². The first-order valence-electron chi connectivity index (χ1n) is 8.93. The summed E-state index contributed by atoms with van der Waals surface area (Å²) in [7, 11) is 0. The number of likely N-dealkylation sites (tertiary alicyclic amines) is 1. The lowest BCUT2D eigenvalue weighted by molar-refractivity contribution is -0.157. The van der Waals surface area contributed by atoms with Crippen molar-refractivity contribution in [2.75, 3.05) is 13.1 Å². The van der Waals surface area contributed by atoms with Gasteiger partial charge in [0.05, 0.1) is 5.92 Å². The van der Waals surface area contributed by atoms with Crippen molar-refractivity contribution in [2.24, 2.45) is 29.6 Å². The number of carbonyl (C=O) groups is 2. The highest BCUT2D eigenvalue weighted by molar-refractivity contribution is 5.89. The number of hydrogen-bond donors (Lipinski definition) is 1. The second-order valence-corrected chi connectivity index (χ2v) is 8.26. The van der Waals surface area contributed by atoms with Crippen molar-refractivity contribution >= 4 is 11.8 Å². The van der Waals surface area contributed by atoms with Gasteiger partial charge in [0.25, 0.3) is 0 Å². The molecule has 134 valence electrons. The molecule has 0 aromatic heterocycles. The molecule has 1 saturated heterocycles. The molecule has 1 atom stereocenters. The fraction of sp³-hybridized carbons (Fsp3) is 0.882. The number of alkyl halides is 3. The van der Waals surface area contributed by atoms with E-state index in [4.69, 9.17) is 0 Å². The SMILES string of the molecule is O=C(NC1C2CC3CC(C2)CC1C3)[C@H]1CC(=O)N(CC(F)(F)F)C1. The third kappa shape index (κ3) is 3.02. The maximum absolute atomic E-state index is 12.5. The normalized spacial score (nSPS) is 41.1. The molecule has 0 radical (unpaired) electrons. The fourth-order valence-corrected chi connectivity index (χ4v) is 5.76. The first-order chi connectivity index (χ1) is 11.3. The molecule has 0 aromatic carbocycles. The lowest BCUT2D eigenvalue weighted by Gasteiger charge is -2.54. The Bertz CT molecular complexity index is 520. The summed E-state index contributed by atoms with van der Waals surface area (Å²) in [6.45, 7) is -1.37. The van der Waals surface area contributed by atoms with Crippen LogP contribution in [-0.4, -0.2) is 42.0 Å². The van der Waals surface area contributed by atoms with E-state index in [1.54, 1.807) is 0 Å². The Labute approximate surface area is 139 Å². The van der Waals surface area contributed by atoms with Gasteiger partial charge < -0.3 is 10.2 Å². The lowest BCUT2D eigenvalue weighted by Crippen LogP contribution is -2.56. The Balaban J connectivity index is 1.36. The molecular weight excluding hydrogens is 321 g/mol. The van der Waals surface area contributed by atoms with Crippen LogP contribution in [0.1, 0.15) is 38.5 Å².